The quantitative estimate of drug-likeness (QED) is 0.715. The minimum atomic E-state index is -0.582. The predicted molar refractivity (Wildman–Crippen MR) is 78.5 cm³/mol. The van der Waals surface area contributed by atoms with E-state index in [4.69, 9.17) is 10.5 Å². The standard InChI is InChI=1S/C15H24N2O2/c1-11(2)19-13-7-5-6-12(14(13)16)17-10-15(18)8-3-4-9-15/h5-7,11,17-18H,3-4,8-10,16H2,1-2H3. The highest BCUT2D eigenvalue weighted by molar-refractivity contribution is 5.73. The third kappa shape index (κ3) is 3.53. The molecule has 0 saturated heterocycles. The Morgan fingerprint density at radius 1 is 1.37 bits per heavy atom. The van der Waals surface area contributed by atoms with E-state index in [1.165, 1.54) is 0 Å². The summed E-state index contributed by atoms with van der Waals surface area (Å²) in [7, 11) is 0. The first-order chi connectivity index (χ1) is 9.00. The Morgan fingerprint density at radius 2 is 2.05 bits per heavy atom. The molecule has 1 aliphatic rings. The number of aliphatic hydroxyl groups is 1. The second-order valence-corrected chi connectivity index (χ2v) is 5.67. The highest BCUT2D eigenvalue weighted by Gasteiger charge is 2.30. The van der Waals surface area contributed by atoms with E-state index < -0.39 is 5.60 Å². The van der Waals surface area contributed by atoms with Crippen molar-refractivity contribution in [2.24, 2.45) is 0 Å². The van der Waals surface area contributed by atoms with Crippen LogP contribution in [0.5, 0.6) is 5.75 Å². The van der Waals surface area contributed by atoms with Gasteiger partial charge in [-0.2, -0.15) is 0 Å². The summed E-state index contributed by atoms with van der Waals surface area (Å²) in [5.41, 5.74) is 6.95. The number of rotatable bonds is 5. The molecule has 4 N–H and O–H groups in total. The van der Waals surface area contributed by atoms with Crippen LogP contribution in [0.4, 0.5) is 11.4 Å². The fourth-order valence-electron chi connectivity index (χ4n) is 2.52. The summed E-state index contributed by atoms with van der Waals surface area (Å²) in [4.78, 5) is 0. The molecule has 4 nitrogen and oxygen atoms in total. The van der Waals surface area contributed by atoms with Gasteiger partial charge in [0, 0.05) is 6.54 Å². The zero-order chi connectivity index (χ0) is 13.9. The molecule has 106 valence electrons. The fourth-order valence-corrected chi connectivity index (χ4v) is 2.52. The molecule has 0 spiro atoms. The Kier molecular flexibility index (Phi) is 4.20. The first kappa shape index (κ1) is 14.0. The summed E-state index contributed by atoms with van der Waals surface area (Å²) in [5.74, 6) is 0.693. The van der Waals surface area contributed by atoms with E-state index in [0.29, 0.717) is 18.0 Å². The average molecular weight is 264 g/mol. The molecule has 0 aromatic heterocycles. The van der Waals surface area contributed by atoms with Crippen molar-refractivity contribution in [3.63, 3.8) is 0 Å². The van der Waals surface area contributed by atoms with Crippen LogP contribution in [0.15, 0.2) is 18.2 Å². The van der Waals surface area contributed by atoms with Gasteiger partial charge in [-0.05, 0) is 38.8 Å². The van der Waals surface area contributed by atoms with E-state index >= 15 is 0 Å². The molecule has 0 heterocycles. The van der Waals surface area contributed by atoms with Gasteiger partial charge < -0.3 is 20.9 Å². The molecule has 0 atom stereocenters. The van der Waals surface area contributed by atoms with Crippen LogP contribution in [0.2, 0.25) is 0 Å². The number of anilines is 2. The van der Waals surface area contributed by atoms with Crippen molar-refractivity contribution in [3.8, 4) is 5.75 Å². The Hall–Kier alpha value is -1.42. The van der Waals surface area contributed by atoms with Crippen LogP contribution in [0.1, 0.15) is 39.5 Å². The first-order valence-corrected chi connectivity index (χ1v) is 7.02. The van der Waals surface area contributed by atoms with Gasteiger partial charge in [0.2, 0.25) is 0 Å². The summed E-state index contributed by atoms with van der Waals surface area (Å²) < 4.78 is 5.66. The minimum Gasteiger partial charge on any atom is -0.489 e. The maximum Gasteiger partial charge on any atom is 0.144 e. The van der Waals surface area contributed by atoms with Gasteiger partial charge in [-0.15, -0.1) is 0 Å². The lowest BCUT2D eigenvalue weighted by Crippen LogP contribution is -2.33. The number of para-hydroxylation sites is 1. The molecule has 1 aromatic rings. The van der Waals surface area contributed by atoms with Crippen LogP contribution in [-0.4, -0.2) is 23.4 Å². The number of nitrogens with one attached hydrogen (secondary N) is 1. The van der Waals surface area contributed by atoms with Crippen molar-refractivity contribution in [1.82, 2.24) is 0 Å². The lowest BCUT2D eigenvalue weighted by atomic mass is 10.0. The lowest BCUT2D eigenvalue weighted by Gasteiger charge is -2.24. The first-order valence-electron chi connectivity index (χ1n) is 7.02. The lowest BCUT2D eigenvalue weighted by molar-refractivity contribution is 0.0615. The van der Waals surface area contributed by atoms with Gasteiger partial charge in [0.15, 0.2) is 0 Å². The molecular formula is C15H24N2O2. The molecule has 1 fully saturated rings. The molecule has 0 unspecified atom stereocenters. The monoisotopic (exact) mass is 264 g/mol. The molecule has 0 bridgehead atoms. The number of ether oxygens (including phenoxy) is 1. The Labute approximate surface area is 115 Å². The van der Waals surface area contributed by atoms with Crippen molar-refractivity contribution in [2.45, 2.75) is 51.2 Å². The second kappa shape index (κ2) is 5.70. The molecule has 2 rings (SSSR count). The third-order valence-corrected chi connectivity index (χ3v) is 3.57. The zero-order valence-corrected chi connectivity index (χ0v) is 11.8. The van der Waals surface area contributed by atoms with Gasteiger partial charge in [0.05, 0.1) is 23.1 Å². The van der Waals surface area contributed by atoms with Crippen LogP contribution in [0.3, 0.4) is 0 Å². The van der Waals surface area contributed by atoms with E-state index in [0.717, 1.165) is 31.4 Å². The maximum absolute atomic E-state index is 10.3. The largest absolute Gasteiger partial charge is 0.489 e. The van der Waals surface area contributed by atoms with E-state index in [-0.39, 0.29) is 6.10 Å². The van der Waals surface area contributed by atoms with E-state index in [9.17, 15) is 5.11 Å². The summed E-state index contributed by atoms with van der Waals surface area (Å²) in [6, 6.07) is 5.70. The summed E-state index contributed by atoms with van der Waals surface area (Å²) in [6.07, 6.45) is 4.02. The van der Waals surface area contributed by atoms with Crippen LogP contribution in [0.25, 0.3) is 0 Å². The Balaban J connectivity index is 2.04. The minimum absolute atomic E-state index is 0.0940. The van der Waals surface area contributed by atoms with Crippen LogP contribution in [-0.2, 0) is 0 Å². The summed E-state index contributed by atoms with van der Waals surface area (Å²) in [6.45, 7) is 4.49. The zero-order valence-electron chi connectivity index (χ0n) is 11.8. The Morgan fingerprint density at radius 3 is 2.68 bits per heavy atom. The number of benzene rings is 1. The van der Waals surface area contributed by atoms with Crippen LogP contribution in [0, 0.1) is 0 Å². The third-order valence-electron chi connectivity index (χ3n) is 3.57. The van der Waals surface area contributed by atoms with E-state index in [1.807, 2.05) is 32.0 Å². The molecule has 0 amide bonds. The molecule has 1 aromatic carbocycles. The number of hydrogen-bond donors (Lipinski definition) is 3. The van der Waals surface area contributed by atoms with Crippen molar-refractivity contribution in [1.29, 1.82) is 0 Å². The SMILES string of the molecule is CC(C)Oc1cccc(NCC2(O)CCCC2)c1N. The van der Waals surface area contributed by atoms with Gasteiger partial charge in [-0.25, -0.2) is 0 Å². The van der Waals surface area contributed by atoms with Crippen molar-refractivity contribution < 1.29 is 9.84 Å². The summed E-state index contributed by atoms with van der Waals surface area (Å²) in [5, 5.41) is 13.6. The summed E-state index contributed by atoms with van der Waals surface area (Å²) >= 11 is 0. The van der Waals surface area contributed by atoms with Gasteiger partial charge in [0.1, 0.15) is 5.75 Å². The molecule has 1 aliphatic carbocycles. The van der Waals surface area contributed by atoms with Gasteiger partial charge in [0.25, 0.3) is 0 Å². The highest BCUT2D eigenvalue weighted by Crippen LogP contribution is 2.33. The average Bonchev–Trinajstić information content (AvgIpc) is 2.77. The molecule has 0 radical (unpaired) electrons. The van der Waals surface area contributed by atoms with Crippen LogP contribution >= 0.6 is 0 Å². The van der Waals surface area contributed by atoms with Gasteiger partial charge >= 0.3 is 0 Å². The molecular weight excluding hydrogens is 240 g/mol. The molecule has 1 saturated carbocycles. The van der Waals surface area contributed by atoms with Crippen molar-refractivity contribution in [3.05, 3.63) is 18.2 Å². The fraction of sp³-hybridized carbons (Fsp3) is 0.600. The molecule has 0 aliphatic heterocycles. The topological polar surface area (TPSA) is 67.5 Å². The van der Waals surface area contributed by atoms with E-state index in [1.54, 1.807) is 0 Å². The molecule has 4 heteroatoms. The maximum atomic E-state index is 10.3. The van der Waals surface area contributed by atoms with Gasteiger partial charge in [-0.3, -0.25) is 0 Å². The normalized spacial score (nSPS) is 17.7. The second-order valence-electron chi connectivity index (χ2n) is 5.67. The van der Waals surface area contributed by atoms with E-state index in [2.05, 4.69) is 5.32 Å². The number of nitrogen functional groups attached to an aromatic ring is 1. The molecule has 19 heavy (non-hydrogen) atoms. The van der Waals surface area contributed by atoms with Crippen LogP contribution < -0.4 is 15.8 Å². The number of nitrogens with two attached hydrogens (primary N) is 1. The highest BCUT2D eigenvalue weighted by atomic mass is 16.5. The van der Waals surface area contributed by atoms with Crippen molar-refractivity contribution >= 4 is 11.4 Å². The Bertz CT molecular complexity index is 426. The van der Waals surface area contributed by atoms with Gasteiger partial charge in [-0.1, -0.05) is 18.9 Å². The predicted octanol–water partition coefficient (Wildman–Crippen LogP) is 2.77. The van der Waals surface area contributed by atoms with Crippen molar-refractivity contribution in [2.75, 3.05) is 17.6 Å². The smallest absolute Gasteiger partial charge is 0.144 e. The number of hydrogen-bond acceptors (Lipinski definition) is 4.